The molecule has 0 radical (unpaired) electrons. The van der Waals surface area contributed by atoms with Crippen molar-refractivity contribution in [2.24, 2.45) is 20.4 Å². The van der Waals surface area contributed by atoms with Gasteiger partial charge in [-0.15, -0.1) is 0 Å². The predicted molar refractivity (Wildman–Crippen MR) is 174 cm³/mol. The molecule has 214 valence electrons. The maximum atomic E-state index is 10.7. The van der Waals surface area contributed by atoms with Crippen LogP contribution >= 0.6 is 0 Å². The van der Waals surface area contributed by atoms with Gasteiger partial charge in [0.15, 0.2) is 0 Å². The number of aliphatic hydroxyl groups is 2. The van der Waals surface area contributed by atoms with Crippen molar-refractivity contribution in [1.82, 2.24) is 0 Å². The van der Waals surface area contributed by atoms with Crippen molar-refractivity contribution >= 4 is 24.9 Å². The van der Waals surface area contributed by atoms with Crippen LogP contribution < -0.4 is 0 Å². The molecule has 4 rings (SSSR count). The average Bonchev–Trinajstić information content (AvgIpc) is 3.05. The molecule has 0 aliphatic rings. The van der Waals surface area contributed by atoms with Crippen molar-refractivity contribution < 1.29 is 10.2 Å². The van der Waals surface area contributed by atoms with Gasteiger partial charge in [-0.3, -0.25) is 0 Å². The second kappa shape index (κ2) is 16.7. The Morgan fingerprint density at radius 3 is 1.55 bits per heavy atom. The van der Waals surface area contributed by atoms with Crippen molar-refractivity contribution in [2.45, 2.75) is 50.2 Å². The van der Waals surface area contributed by atoms with Crippen molar-refractivity contribution in [2.75, 3.05) is 0 Å². The summed E-state index contributed by atoms with van der Waals surface area (Å²) in [5.41, 5.74) is 4.99. The molecule has 4 unspecified atom stereocenters. The fourth-order valence-electron chi connectivity index (χ4n) is 4.67. The maximum absolute atomic E-state index is 10.7. The first kappa shape index (κ1) is 30.4. The Hall–Kier alpha value is -4.52. The molecule has 2 N–H and O–H groups in total. The molecule has 4 atom stereocenters. The monoisotopic (exact) mass is 558 g/mol. The number of aliphatic hydroxyl groups excluding tert-OH is 2. The molecule has 0 aliphatic carbocycles. The minimum absolute atomic E-state index is 0.0978. The second-order valence-electron chi connectivity index (χ2n) is 10.1. The van der Waals surface area contributed by atoms with E-state index in [-0.39, 0.29) is 11.8 Å². The summed E-state index contributed by atoms with van der Waals surface area (Å²) in [4.78, 5) is 0. The standard InChI is InChI=1S/C36H38N4O2/c1-2-29(30-14-6-3-7-15-30)24-37-38-25-34(31-16-8-4-9-17-31)22-21-28-13-12-20-33(23-28)36(42)27-40-39-26-35(41)32-18-10-5-11-19-32/h3-20,23-27,29,34-36,41-42H,2,21-22H2,1H3/b37-24+,38-25+,39-26+,40-27+. The molecule has 42 heavy (non-hydrogen) atoms. The van der Waals surface area contributed by atoms with Crippen LogP contribution in [0.2, 0.25) is 0 Å². The highest BCUT2D eigenvalue weighted by atomic mass is 16.3. The number of hydrogen-bond donors (Lipinski definition) is 2. The van der Waals surface area contributed by atoms with Crippen LogP contribution in [0.1, 0.15) is 71.6 Å². The van der Waals surface area contributed by atoms with Gasteiger partial charge in [-0.1, -0.05) is 122 Å². The van der Waals surface area contributed by atoms with Gasteiger partial charge in [0.2, 0.25) is 0 Å². The highest BCUT2D eigenvalue weighted by molar-refractivity contribution is 5.71. The van der Waals surface area contributed by atoms with E-state index in [1.165, 1.54) is 23.6 Å². The Morgan fingerprint density at radius 1 is 0.524 bits per heavy atom. The Balaban J connectivity index is 1.37. The molecule has 0 saturated heterocycles. The van der Waals surface area contributed by atoms with E-state index in [9.17, 15) is 10.2 Å². The predicted octanol–water partition coefficient (Wildman–Crippen LogP) is 7.48. The molecule has 0 heterocycles. The van der Waals surface area contributed by atoms with Gasteiger partial charge in [0.05, 0.1) is 12.4 Å². The summed E-state index contributed by atoms with van der Waals surface area (Å²) in [5, 5.41) is 37.5. The third-order valence-electron chi connectivity index (χ3n) is 7.12. The second-order valence-corrected chi connectivity index (χ2v) is 10.1. The molecule has 0 fully saturated rings. The van der Waals surface area contributed by atoms with Crippen molar-refractivity contribution in [1.29, 1.82) is 0 Å². The lowest BCUT2D eigenvalue weighted by Gasteiger charge is -2.13. The van der Waals surface area contributed by atoms with Gasteiger partial charge in [-0.25, -0.2) is 0 Å². The average molecular weight is 559 g/mol. The van der Waals surface area contributed by atoms with Crippen LogP contribution in [-0.2, 0) is 6.42 Å². The molecule has 6 heteroatoms. The lowest BCUT2D eigenvalue weighted by Crippen LogP contribution is -2.04. The maximum Gasteiger partial charge on any atom is 0.116 e. The Labute approximate surface area is 248 Å². The number of nitrogens with zero attached hydrogens (tertiary/aromatic N) is 4. The molecule has 0 bridgehead atoms. The zero-order valence-electron chi connectivity index (χ0n) is 23.9. The first-order chi connectivity index (χ1) is 20.6. The lowest BCUT2D eigenvalue weighted by molar-refractivity contribution is 0.250. The van der Waals surface area contributed by atoms with E-state index < -0.39 is 12.2 Å². The Morgan fingerprint density at radius 2 is 0.976 bits per heavy atom. The smallest absolute Gasteiger partial charge is 0.116 e. The van der Waals surface area contributed by atoms with Crippen LogP contribution in [0.5, 0.6) is 0 Å². The summed E-state index contributed by atoms with van der Waals surface area (Å²) < 4.78 is 0. The first-order valence-electron chi connectivity index (χ1n) is 14.4. The van der Waals surface area contributed by atoms with E-state index in [0.717, 1.165) is 36.0 Å². The van der Waals surface area contributed by atoms with Crippen molar-refractivity contribution in [3.63, 3.8) is 0 Å². The molecule has 0 aliphatic heterocycles. The largest absolute Gasteiger partial charge is 0.383 e. The van der Waals surface area contributed by atoms with E-state index >= 15 is 0 Å². The highest BCUT2D eigenvalue weighted by Crippen LogP contribution is 2.22. The van der Waals surface area contributed by atoms with Gasteiger partial charge < -0.3 is 10.2 Å². The number of benzene rings is 4. The summed E-state index contributed by atoms with van der Waals surface area (Å²) in [5.74, 6) is 0.330. The number of aryl methyl sites for hydroxylation is 1. The number of rotatable bonds is 14. The molecule has 0 aromatic heterocycles. The van der Waals surface area contributed by atoms with Crippen molar-refractivity contribution in [3.05, 3.63) is 143 Å². The highest BCUT2D eigenvalue weighted by Gasteiger charge is 2.11. The SMILES string of the molecule is CCC(/C=N/N=C/C(CCc1cccc(C(O)/C=N/N=C/C(O)c2ccccc2)c1)c1ccccc1)c1ccccc1. The van der Waals surface area contributed by atoms with E-state index in [0.29, 0.717) is 0 Å². The molecule has 4 aromatic carbocycles. The molecule has 0 saturated carbocycles. The summed E-state index contributed by atoms with van der Waals surface area (Å²) >= 11 is 0. The first-order valence-corrected chi connectivity index (χ1v) is 14.4. The van der Waals surface area contributed by atoms with Gasteiger partial charge in [0.1, 0.15) is 12.2 Å². The van der Waals surface area contributed by atoms with Crippen LogP contribution in [-0.4, -0.2) is 35.1 Å². The van der Waals surface area contributed by atoms with Crippen LogP contribution in [0.25, 0.3) is 0 Å². The Kier molecular flexibility index (Phi) is 12.1. The van der Waals surface area contributed by atoms with Gasteiger partial charge in [-0.2, -0.15) is 20.4 Å². The fourth-order valence-corrected chi connectivity index (χ4v) is 4.67. The summed E-state index contributed by atoms with van der Waals surface area (Å²) in [6.45, 7) is 2.15. The minimum Gasteiger partial charge on any atom is -0.383 e. The van der Waals surface area contributed by atoms with E-state index in [1.54, 1.807) is 0 Å². The van der Waals surface area contributed by atoms with Crippen LogP contribution in [0.3, 0.4) is 0 Å². The summed E-state index contributed by atoms with van der Waals surface area (Å²) in [7, 11) is 0. The van der Waals surface area contributed by atoms with Crippen LogP contribution in [0.4, 0.5) is 0 Å². The third-order valence-corrected chi connectivity index (χ3v) is 7.12. The van der Waals surface area contributed by atoms with E-state index in [4.69, 9.17) is 0 Å². The van der Waals surface area contributed by atoms with Gasteiger partial charge in [-0.05, 0) is 47.1 Å². The molecule has 0 amide bonds. The quantitative estimate of drug-likeness (QED) is 0.124. The molecule has 0 spiro atoms. The van der Waals surface area contributed by atoms with Crippen LogP contribution in [0, 0.1) is 0 Å². The fraction of sp³-hybridized carbons (Fsp3) is 0.222. The number of hydrogen-bond acceptors (Lipinski definition) is 6. The van der Waals surface area contributed by atoms with E-state index in [2.05, 4.69) is 57.7 Å². The molecular weight excluding hydrogens is 520 g/mol. The zero-order valence-corrected chi connectivity index (χ0v) is 23.9. The van der Waals surface area contributed by atoms with Crippen LogP contribution in [0.15, 0.2) is 136 Å². The molecule has 6 nitrogen and oxygen atoms in total. The lowest BCUT2D eigenvalue weighted by atomic mass is 9.92. The van der Waals surface area contributed by atoms with Crippen molar-refractivity contribution in [3.8, 4) is 0 Å². The minimum atomic E-state index is -0.909. The summed E-state index contributed by atoms with van der Waals surface area (Å²) in [6.07, 6.45) is 7.40. The Bertz CT molecular complexity index is 1450. The van der Waals surface area contributed by atoms with Gasteiger partial charge >= 0.3 is 0 Å². The van der Waals surface area contributed by atoms with E-state index in [1.807, 2.05) is 97.4 Å². The van der Waals surface area contributed by atoms with Gasteiger partial charge in [0, 0.05) is 24.3 Å². The van der Waals surface area contributed by atoms with Gasteiger partial charge in [0.25, 0.3) is 0 Å². The summed E-state index contributed by atoms with van der Waals surface area (Å²) in [6, 6.07) is 37.8. The normalized spacial score (nSPS) is 15.0. The third kappa shape index (κ3) is 9.54. The topological polar surface area (TPSA) is 89.9 Å². The molecule has 4 aromatic rings. The molecular formula is C36H38N4O2. The zero-order chi connectivity index (χ0) is 29.4.